The lowest BCUT2D eigenvalue weighted by molar-refractivity contribution is -0.144. The van der Waals surface area contributed by atoms with Crippen LogP contribution in [0.15, 0.2) is 30.5 Å². The van der Waals surface area contributed by atoms with Gasteiger partial charge < -0.3 is 4.98 Å². The quantitative estimate of drug-likeness (QED) is 0.748. The Morgan fingerprint density at radius 3 is 2.19 bits per heavy atom. The molecule has 0 fully saturated rings. The molecule has 84 valence electrons. The van der Waals surface area contributed by atoms with Gasteiger partial charge in [0.2, 0.25) is 5.82 Å². The molecule has 0 amide bonds. The largest absolute Gasteiger partial charge is 0.449 e. The van der Waals surface area contributed by atoms with E-state index in [0.29, 0.717) is 5.56 Å². The lowest BCUT2D eigenvalue weighted by Crippen LogP contribution is -2.07. The Morgan fingerprint density at radius 2 is 1.69 bits per heavy atom. The minimum absolute atomic E-state index is 0.132. The molecule has 0 aliphatic heterocycles. The van der Waals surface area contributed by atoms with Crippen molar-refractivity contribution in [2.24, 2.45) is 0 Å². The van der Waals surface area contributed by atoms with Crippen molar-refractivity contribution < 1.29 is 17.6 Å². The molecule has 16 heavy (non-hydrogen) atoms. The van der Waals surface area contributed by atoms with Crippen LogP contribution in [0.2, 0.25) is 0 Å². The van der Waals surface area contributed by atoms with Crippen LogP contribution in [0.1, 0.15) is 5.82 Å². The number of nitrogens with zero attached hydrogens (tertiary/aromatic N) is 1. The number of alkyl halides is 3. The molecule has 0 saturated carbocycles. The lowest BCUT2D eigenvalue weighted by atomic mass is 10.2. The summed E-state index contributed by atoms with van der Waals surface area (Å²) in [5.41, 5.74) is 0.556. The van der Waals surface area contributed by atoms with Gasteiger partial charge in [-0.3, -0.25) is 0 Å². The molecule has 1 heterocycles. The van der Waals surface area contributed by atoms with Gasteiger partial charge in [0.15, 0.2) is 0 Å². The second kappa shape index (κ2) is 3.62. The fourth-order valence-corrected chi connectivity index (χ4v) is 1.24. The molecule has 2 rings (SSSR count). The minimum Gasteiger partial charge on any atom is -0.340 e. The molecule has 0 spiro atoms. The van der Waals surface area contributed by atoms with Crippen molar-refractivity contribution in [3.63, 3.8) is 0 Å². The Kier molecular flexibility index (Phi) is 2.41. The van der Waals surface area contributed by atoms with Gasteiger partial charge >= 0.3 is 6.18 Å². The van der Waals surface area contributed by atoms with Crippen LogP contribution < -0.4 is 0 Å². The second-order valence-electron chi connectivity index (χ2n) is 3.14. The molecule has 0 unspecified atom stereocenters. The zero-order chi connectivity index (χ0) is 11.8. The maximum absolute atomic E-state index is 12.6. The summed E-state index contributed by atoms with van der Waals surface area (Å²) >= 11 is 0. The number of benzene rings is 1. The van der Waals surface area contributed by atoms with Crippen LogP contribution in [0.25, 0.3) is 11.3 Å². The van der Waals surface area contributed by atoms with Crippen molar-refractivity contribution in [1.82, 2.24) is 9.97 Å². The Morgan fingerprint density at radius 1 is 1.06 bits per heavy atom. The fourth-order valence-electron chi connectivity index (χ4n) is 1.24. The standard InChI is InChI=1S/C10H6F4N2/c11-7-3-1-6(2-4-7)8-5-15-9(16-8)10(12,13)14/h1-5H,(H,15,16). The molecule has 0 bridgehead atoms. The third-order valence-corrected chi connectivity index (χ3v) is 1.99. The summed E-state index contributed by atoms with van der Waals surface area (Å²) in [6, 6.07) is 5.06. The van der Waals surface area contributed by atoms with E-state index in [2.05, 4.69) is 4.98 Å². The van der Waals surface area contributed by atoms with Gasteiger partial charge in [-0.05, 0) is 24.3 Å². The van der Waals surface area contributed by atoms with Crippen LogP contribution in [0, 0.1) is 5.82 Å². The number of halogens is 4. The van der Waals surface area contributed by atoms with E-state index in [-0.39, 0.29) is 5.69 Å². The highest BCUT2D eigenvalue weighted by Crippen LogP contribution is 2.28. The van der Waals surface area contributed by atoms with Gasteiger partial charge in [0.05, 0.1) is 5.69 Å². The van der Waals surface area contributed by atoms with E-state index >= 15 is 0 Å². The topological polar surface area (TPSA) is 28.7 Å². The van der Waals surface area contributed by atoms with E-state index in [9.17, 15) is 17.6 Å². The first-order valence-corrected chi connectivity index (χ1v) is 4.35. The number of imidazole rings is 1. The summed E-state index contributed by atoms with van der Waals surface area (Å²) in [4.78, 5) is 5.41. The Balaban J connectivity index is 2.35. The first-order chi connectivity index (χ1) is 7.47. The highest BCUT2D eigenvalue weighted by Gasteiger charge is 2.34. The number of aromatic amines is 1. The Hall–Kier alpha value is -1.85. The first kappa shape index (κ1) is 10.7. The van der Waals surface area contributed by atoms with E-state index in [4.69, 9.17) is 0 Å². The normalized spacial score (nSPS) is 11.8. The Labute approximate surface area is 87.9 Å². The molecular formula is C10H6F4N2. The summed E-state index contributed by atoms with van der Waals surface area (Å²) in [5, 5.41) is 0. The number of hydrogen-bond donors (Lipinski definition) is 1. The highest BCUT2D eigenvalue weighted by molar-refractivity contribution is 5.58. The lowest BCUT2D eigenvalue weighted by Gasteiger charge is -2.00. The molecule has 1 N–H and O–H groups in total. The highest BCUT2D eigenvalue weighted by atomic mass is 19.4. The first-order valence-electron chi connectivity index (χ1n) is 4.35. The monoisotopic (exact) mass is 230 g/mol. The number of nitrogens with one attached hydrogen (secondary N) is 1. The van der Waals surface area contributed by atoms with Crippen molar-refractivity contribution >= 4 is 0 Å². The maximum atomic E-state index is 12.6. The smallest absolute Gasteiger partial charge is 0.340 e. The molecule has 0 radical (unpaired) electrons. The summed E-state index contributed by atoms with van der Waals surface area (Å²) in [7, 11) is 0. The molecular weight excluding hydrogens is 224 g/mol. The van der Waals surface area contributed by atoms with Crippen LogP contribution in [0.5, 0.6) is 0 Å². The predicted octanol–water partition coefficient (Wildman–Crippen LogP) is 3.23. The maximum Gasteiger partial charge on any atom is 0.449 e. The third kappa shape index (κ3) is 2.05. The van der Waals surface area contributed by atoms with Crippen molar-refractivity contribution in [2.45, 2.75) is 6.18 Å². The molecule has 0 atom stereocenters. The molecule has 1 aromatic carbocycles. The van der Waals surface area contributed by atoms with Crippen LogP contribution in [-0.2, 0) is 6.18 Å². The molecule has 2 nitrogen and oxygen atoms in total. The number of hydrogen-bond acceptors (Lipinski definition) is 1. The number of H-pyrrole nitrogens is 1. The average molecular weight is 230 g/mol. The van der Waals surface area contributed by atoms with Crippen LogP contribution in [0.3, 0.4) is 0 Å². The summed E-state index contributed by atoms with van der Waals surface area (Å²) < 4.78 is 49.3. The minimum atomic E-state index is -4.50. The van der Waals surface area contributed by atoms with E-state index in [1.807, 2.05) is 4.98 Å². The molecule has 0 saturated heterocycles. The molecule has 6 heteroatoms. The SMILES string of the molecule is Fc1ccc(-c2c[nH]c(C(F)(F)F)n2)cc1. The van der Waals surface area contributed by atoms with E-state index in [0.717, 1.165) is 18.3 Å². The van der Waals surface area contributed by atoms with Gasteiger partial charge in [-0.15, -0.1) is 0 Å². The predicted molar refractivity (Wildman–Crippen MR) is 49.0 cm³/mol. The Bertz CT molecular complexity index is 484. The summed E-state index contributed by atoms with van der Waals surface area (Å²) in [6.45, 7) is 0. The van der Waals surface area contributed by atoms with E-state index in [1.54, 1.807) is 0 Å². The van der Waals surface area contributed by atoms with E-state index < -0.39 is 17.8 Å². The van der Waals surface area contributed by atoms with Gasteiger partial charge in [0, 0.05) is 11.8 Å². The molecule has 2 aromatic rings. The molecule has 0 aliphatic carbocycles. The van der Waals surface area contributed by atoms with Crippen molar-refractivity contribution in [3.8, 4) is 11.3 Å². The van der Waals surface area contributed by atoms with Crippen LogP contribution in [0.4, 0.5) is 17.6 Å². The van der Waals surface area contributed by atoms with Crippen molar-refractivity contribution in [2.75, 3.05) is 0 Å². The van der Waals surface area contributed by atoms with E-state index in [1.165, 1.54) is 12.1 Å². The van der Waals surface area contributed by atoms with Crippen molar-refractivity contribution in [3.05, 3.63) is 42.1 Å². The zero-order valence-corrected chi connectivity index (χ0v) is 7.85. The van der Waals surface area contributed by atoms with Gasteiger partial charge in [-0.1, -0.05) is 0 Å². The van der Waals surface area contributed by atoms with Gasteiger partial charge in [0.1, 0.15) is 5.82 Å². The fraction of sp³-hybridized carbons (Fsp3) is 0.100. The molecule has 0 aliphatic rings. The number of rotatable bonds is 1. The van der Waals surface area contributed by atoms with Crippen molar-refractivity contribution in [1.29, 1.82) is 0 Å². The summed E-state index contributed by atoms with van der Waals surface area (Å²) in [6.07, 6.45) is -3.37. The van der Waals surface area contributed by atoms with Crippen LogP contribution >= 0.6 is 0 Å². The molecule has 1 aromatic heterocycles. The van der Waals surface area contributed by atoms with Gasteiger partial charge in [0.25, 0.3) is 0 Å². The number of aromatic nitrogens is 2. The second-order valence-corrected chi connectivity index (χ2v) is 3.14. The van der Waals surface area contributed by atoms with Gasteiger partial charge in [-0.2, -0.15) is 13.2 Å². The third-order valence-electron chi connectivity index (χ3n) is 1.99. The average Bonchev–Trinajstić information content (AvgIpc) is 2.67. The van der Waals surface area contributed by atoms with Crippen LogP contribution in [-0.4, -0.2) is 9.97 Å². The van der Waals surface area contributed by atoms with Gasteiger partial charge in [-0.25, -0.2) is 9.37 Å². The summed E-state index contributed by atoms with van der Waals surface area (Å²) in [5.74, 6) is -1.51. The zero-order valence-electron chi connectivity index (χ0n) is 7.85.